The van der Waals surface area contributed by atoms with E-state index in [1.165, 1.54) is 0 Å². The lowest BCUT2D eigenvalue weighted by atomic mass is 9.96. The van der Waals surface area contributed by atoms with Gasteiger partial charge >= 0.3 is 0 Å². The number of nitrogens with one attached hydrogen (secondary N) is 1. The van der Waals surface area contributed by atoms with E-state index in [0.29, 0.717) is 45.7 Å². The summed E-state index contributed by atoms with van der Waals surface area (Å²) in [5.74, 6) is 0.0899. The number of halogens is 1. The lowest BCUT2D eigenvalue weighted by Gasteiger charge is -2.30. The number of nitrogens with zero attached hydrogens (tertiary/aromatic N) is 1. The normalized spacial score (nSPS) is 15.4. The molecule has 1 aliphatic heterocycles. The Balaban J connectivity index is 1.72. The second-order valence-corrected chi connectivity index (χ2v) is 7.15. The van der Waals surface area contributed by atoms with Gasteiger partial charge in [-0.05, 0) is 43.9 Å². The van der Waals surface area contributed by atoms with Crippen LogP contribution in [0.15, 0.2) is 34.8 Å². The van der Waals surface area contributed by atoms with Crippen LogP contribution in [0.5, 0.6) is 0 Å². The smallest absolute Gasteiger partial charge is 0.246 e. The summed E-state index contributed by atoms with van der Waals surface area (Å²) >= 11 is 3.47. The molecule has 1 aromatic carbocycles. The molecule has 6 heteroatoms. The molecular formula is C20H27BrN2O3. The lowest BCUT2D eigenvalue weighted by molar-refractivity contribution is -0.132. The highest BCUT2D eigenvalue weighted by atomic mass is 79.9. The van der Waals surface area contributed by atoms with E-state index < -0.39 is 0 Å². The fourth-order valence-electron chi connectivity index (χ4n) is 2.91. The van der Waals surface area contributed by atoms with Crippen molar-refractivity contribution in [2.75, 3.05) is 32.8 Å². The molecule has 1 fully saturated rings. The predicted molar refractivity (Wildman–Crippen MR) is 107 cm³/mol. The first-order valence-electron chi connectivity index (χ1n) is 9.18. The van der Waals surface area contributed by atoms with Gasteiger partial charge in [-0.3, -0.25) is 9.59 Å². The minimum Gasteiger partial charge on any atom is -0.382 e. The number of piperidine rings is 1. The molecule has 142 valence electrons. The summed E-state index contributed by atoms with van der Waals surface area (Å²) in [6, 6.07) is 7.78. The third-order valence-corrected chi connectivity index (χ3v) is 5.18. The van der Waals surface area contributed by atoms with Crippen molar-refractivity contribution in [3.8, 4) is 0 Å². The van der Waals surface area contributed by atoms with Gasteiger partial charge in [0.2, 0.25) is 11.8 Å². The summed E-state index contributed by atoms with van der Waals surface area (Å²) in [5, 5.41) is 2.97. The molecule has 1 aliphatic rings. The van der Waals surface area contributed by atoms with Crippen molar-refractivity contribution in [2.45, 2.75) is 26.2 Å². The van der Waals surface area contributed by atoms with Crippen LogP contribution in [0.3, 0.4) is 0 Å². The van der Waals surface area contributed by atoms with Crippen LogP contribution >= 0.6 is 15.9 Å². The third kappa shape index (κ3) is 6.57. The summed E-state index contributed by atoms with van der Waals surface area (Å²) in [5.41, 5.74) is 0.974. The van der Waals surface area contributed by atoms with Gasteiger partial charge in [0.25, 0.3) is 0 Å². The minimum absolute atomic E-state index is 0.00149. The van der Waals surface area contributed by atoms with Crippen LogP contribution in [-0.4, -0.2) is 49.6 Å². The van der Waals surface area contributed by atoms with E-state index in [1.807, 2.05) is 42.2 Å². The third-order valence-electron chi connectivity index (χ3n) is 4.46. The van der Waals surface area contributed by atoms with Crippen molar-refractivity contribution in [1.82, 2.24) is 10.2 Å². The van der Waals surface area contributed by atoms with Gasteiger partial charge in [-0.2, -0.15) is 0 Å². The number of hydrogen-bond donors (Lipinski definition) is 1. The maximum absolute atomic E-state index is 12.3. The molecule has 0 saturated carbocycles. The Bertz CT molecular complexity index is 625. The van der Waals surface area contributed by atoms with E-state index >= 15 is 0 Å². The zero-order valence-corrected chi connectivity index (χ0v) is 16.8. The molecule has 5 nitrogen and oxygen atoms in total. The zero-order chi connectivity index (χ0) is 18.8. The predicted octanol–water partition coefficient (Wildman–Crippen LogP) is 3.24. The number of hydrogen-bond acceptors (Lipinski definition) is 3. The van der Waals surface area contributed by atoms with Gasteiger partial charge in [0.1, 0.15) is 0 Å². The molecule has 0 aliphatic carbocycles. The molecule has 1 heterocycles. The number of carbonyl (C=O) groups excluding carboxylic acids is 2. The van der Waals surface area contributed by atoms with Gasteiger partial charge in [0.15, 0.2) is 0 Å². The first-order valence-corrected chi connectivity index (χ1v) is 9.98. The average molecular weight is 423 g/mol. The Morgan fingerprint density at radius 2 is 2.04 bits per heavy atom. The molecule has 0 unspecified atom stereocenters. The van der Waals surface area contributed by atoms with Crippen molar-refractivity contribution < 1.29 is 14.3 Å². The fraction of sp³-hybridized carbons (Fsp3) is 0.500. The van der Waals surface area contributed by atoms with Crippen molar-refractivity contribution in [2.24, 2.45) is 5.92 Å². The molecule has 2 rings (SSSR count). The molecule has 0 radical (unpaired) electrons. The highest BCUT2D eigenvalue weighted by Crippen LogP contribution is 2.19. The number of ether oxygens (including phenoxy) is 1. The van der Waals surface area contributed by atoms with Gasteiger partial charge < -0.3 is 15.0 Å². The first kappa shape index (κ1) is 20.6. The van der Waals surface area contributed by atoms with E-state index in [4.69, 9.17) is 4.74 Å². The van der Waals surface area contributed by atoms with Crippen LogP contribution in [0.25, 0.3) is 6.08 Å². The standard InChI is InChI=1S/C20H27BrN2O3/c1-2-26-15-5-12-22-20(25)17-10-13-23(14-11-17)19(24)9-8-16-6-3-4-7-18(16)21/h3-4,6-9,17H,2,5,10-15H2,1H3,(H,22,25)/b9-8+. The highest BCUT2D eigenvalue weighted by molar-refractivity contribution is 9.10. The molecule has 0 atom stereocenters. The van der Waals surface area contributed by atoms with Crippen molar-refractivity contribution in [3.63, 3.8) is 0 Å². The topological polar surface area (TPSA) is 58.6 Å². The Labute approximate surface area is 163 Å². The van der Waals surface area contributed by atoms with Crippen LogP contribution in [0.1, 0.15) is 31.7 Å². The zero-order valence-electron chi connectivity index (χ0n) is 15.2. The van der Waals surface area contributed by atoms with Gasteiger partial charge in [0.05, 0.1) is 0 Å². The van der Waals surface area contributed by atoms with Crippen molar-refractivity contribution in [3.05, 3.63) is 40.4 Å². The molecule has 1 aromatic rings. The number of rotatable bonds is 8. The van der Waals surface area contributed by atoms with Gasteiger partial charge in [-0.1, -0.05) is 34.1 Å². The number of likely N-dealkylation sites (tertiary alicyclic amines) is 1. The molecule has 0 bridgehead atoms. The SMILES string of the molecule is CCOCCCNC(=O)C1CCN(C(=O)/C=C/c2ccccc2Br)CC1. The van der Waals surface area contributed by atoms with E-state index in [1.54, 1.807) is 6.08 Å². The van der Waals surface area contributed by atoms with Gasteiger partial charge in [-0.15, -0.1) is 0 Å². The molecular weight excluding hydrogens is 396 g/mol. The van der Waals surface area contributed by atoms with E-state index in [2.05, 4.69) is 21.2 Å². The molecule has 2 amide bonds. The first-order chi connectivity index (χ1) is 12.6. The van der Waals surface area contributed by atoms with Crippen LogP contribution in [0.2, 0.25) is 0 Å². The van der Waals surface area contributed by atoms with Gasteiger partial charge in [0, 0.05) is 49.3 Å². The van der Waals surface area contributed by atoms with E-state index in [-0.39, 0.29) is 17.7 Å². The fourth-order valence-corrected chi connectivity index (χ4v) is 3.33. The van der Waals surface area contributed by atoms with Crippen LogP contribution < -0.4 is 5.32 Å². The molecule has 26 heavy (non-hydrogen) atoms. The second-order valence-electron chi connectivity index (χ2n) is 6.30. The lowest BCUT2D eigenvalue weighted by Crippen LogP contribution is -2.42. The number of carbonyl (C=O) groups is 2. The Morgan fingerprint density at radius 3 is 2.73 bits per heavy atom. The summed E-state index contributed by atoms with van der Waals surface area (Å²) in [4.78, 5) is 26.3. The minimum atomic E-state index is -0.00340. The number of amides is 2. The Kier molecular flexibility index (Phi) is 8.85. The molecule has 0 spiro atoms. The summed E-state index contributed by atoms with van der Waals surface area (Å²) in [6.07, 6.45) is 5.69. The Morgan fingerprint density at radius 1 is 1.31 bits per heavy atom. The monoisotopic (exact) mass is 422 g/mol. The van der Waals surface area contributed by atoms with Crippen LogP contribution in [-0.2, 0) is 14.3 Å². The summed E-state index contributed by atoms with van der Waals surface area (Å²) in [7, 11) is 0. The molecule has 1 N–H and O–H groups in total. The van der Waals surface area contributed by atoms with Crippen molar-refractivity contribution >= 4 is 33.8 Å². The maximum Gasteiger partial charge on any atom is 0.246 e. The van der Waals surface area contributed by atoms with Crippen LogP contribution in [0.4, 0.5) is 0 Å². The highest BCUT2D eigenvalue weighted by Gasteiger charge is 2.26. The van der Waals surface area contributed by atoms with Crippen molar-refractivity contribution in [1.29, 1.82) is 0 Å². The quantitative estimate of drug-likeness (QED) is 0.516. The number of benzene rings is 1. The molecule has 0 aromatic heterocycles. The second kappa shape index (κ2) is 11.1. The summed E-state index contributed by atoms with van der Waals surface area (Å²) < 4.78 is 6.22. The maximum atomic E-state index is 12.3. The van der Waals surface area contributed by atoms with E-state index in [9.17, 15) is 9.59 Å². The summed E-state index contributed by atoms with van der Waals surface area (Å²) in [6.45, 7) is 5.23. The average Bonchev–Trinajstić information content (AvgIpc) is 2.67. The van der Waals surface area contributed by atoms with Gasteiger partial charge in [-0.25, -0.2) is 0 Å². The Hall–Kier alpha value is -1.66. The van der Waals surface area contributed by atoms with Crippen LogP contribution in [0, 0.1) is 5.92 Å². The van der Waals surface area contributed by atoms with E-state index in [0.717, 1.165) is 16.5 Å². The molecule has 1 saturated heterocycles. The largest absolute Gasteiger partial charge is 0.382 e.